The fourth-order valence-electron chi connectivity index (χ4n) is 2.25. The normalized spacial score (nSPS) is 14.3. The fourth-order valence-corrected chi connectivity index (χ4v) is 2.25. The van der Waals surface area contributed by atoms with Crippen LogP contribution in [-0.4, -0.2) is 22.3 Å². The summed E-state index contributed by atoms with van der Waals surface area (Å²) in [5.74, 6) is 0.750. The van der Waals surface area contributed by atoms with Gasteiger partial charge in [-0.05, 0) is 25.0 Å². The van der Waals surface area contributed by atoms with Crippen LogP contribution in [0.2, 0.25) is 0 Å². The summed E-state index contributed by atoms with van der Waals surface area (Å²) in [7, 11) is 0. The highest BCUT2D eigenvalue weighted by molar-refractivity contribution is 5.84. The Kier molecular flexibility index (Phi) is 4.74. The topological polar surface area (TPSA) is 42.4 Å². The van der Waals surface area contributed by atoms with Gasteiger partial charge in [0.1, 0.15) is 17.4 Å². The molecule has 0 spiro atoms. The van der Waals surface area contributed by atoms with Gasteiger partial charge in [-0.2, -0.15) is 0 Å². The van der Waals surface area contributed by atoms with E-state index in [1.165, 1.54) is 0 Å². The van der Waals surface area contributed by atoms with Crippen LogP contribution in [0.25, 0.3) is 10.9 Å². The van der Waals surface area contributed by atoms with E-state index in [1.54, 1.807) is 6.20 Å². The van der Waals surface area contributed by atoms with Crippen LogP contribution in [0.15, 0.2) is 36.5 Å². The summed E-state index contributed by atoms with van der Waals surface area (Å²) in [5.41, 5.74) is 0.854. The average Bonchev–Trinajstić information content (AvgIpc) is 2.45. The van der Waals surface area contributed by atoms with Crippen LogP contribution in [-0.2, 0) is 0 Å². The molecule has 1 aromatic heterocycles. The lowest BCUT2D eigenvalue weighted by Crippen LogP contribution is -2.31. The molecule has 1 N–H and O–H groups in total. The fraction of sp³-hybridized carbons (Fsp3) is 0.438. The Morgan fingerprint density at radius 1 is 1.21 bits per heavy atom. The highest BCUT2D eigenvalue weighted by atomic mass is 16.5. The van der Waals surface area contributed by atoms with Gasteiger partial charge in [-0.25, -0.2) is 0 Å². The molecule has 19 heavy (non-hydrogen) atoms. The lowest BCUT2D eigenvalue weighted by atomic mass is 10.1. The van der Waals surface area contributed by atoms with Crippen molar-refractivity contribution in [3.8, 4) is 5.75 Å². The van der Waals surface area contributed by atoms with E-state index in [-0.39, 0.29) is 6.10 Å². The predicted molar refractivity (Wildman–Crippen MR) is 77.4 cm³/mol. The lowest BCUT2D eigenvalue weighted by molar-refractivity contribution is 0.0292. The molecule has 2 aromatic rings. The molecule has 3 nitrogen and oxygen atoms in total. The third-order valence-electron chi connectivity index (χ3n) is 3.29. The Morgan fingerprint density at radius 2 is 2.00 bits per heavy atom. The number of hydrogen-bond acceptors (Lipinski definition) is 3. The molecule has 0 fully saturated rings. The third-order valence-corrected chi connectivity index (χ3v) is 3.29. The van der Waals surface area contributed by atoms with Gasteiger partial charge in [0.15, 0.2) is 0 Å². The number of benzene rings is 1. The SMILES string of the molecule is CCCC(O)C(CC)Oc1cccc2cccnc12. The summed E-state index contributed by atoms with van der Waals surface area (Å²) in [5, 5.41) is 11.2. The van der Waals surface area contributed by atoms with Gasteiger partial charge in [0.05, 0.1) is 6.10 Å². The van der Waals surface area contributed by atoms with E-state index < -0.39 is 6.10 Å². The van der Waals surface area contributed by atoms with E-state index in [2.05, 4.69) is 11.9 Å². The van der Waals surface area contributed by atoms with Crippen LogP contribution in [0.4, 0.5) is 0 Å². The lowest BCUT2D eigenvalue weighted by Gasteiger charge is -2.23. The second-order valence-electron chi connectivity index (χ2n) is 4.75. The number of nitrogens with zero attached hydrogens (tertiary/aromatic N) is 1. The van der Waals surface area contributed by atoms with Crippen LogP contribution >= 0.6 is 0 Å². The molecular formula is C16H21NO2. The number of aliphatic hydroxyl groups excluding tert-OH is 1. The molecule has 2 rings (SSSR count). The largest absolute Gasteiger partial charge is 0.485 e. The van der Waals surface area contributed by atoms with E-state index in [0.717, 1.165) is 35.9 Å². The van der Waals surface area contributed by atoms with Crippen molar-refractivity contribution in [2.45, 2.75) is 45.3 Å². The highest BCUT2D eigenvalue weighted by Crippen LogP contribution is 2.25. The minimum Gasteiger partial charge on any atom is -0.485 e. The van der Waals surface area contributed by atoms with Gasteiger partial charge in [-0.1, -0.05) is 38.5 Å². The summed E-state index contributed by atoms with van der Waals surface area (Å²) in [6, 6.07) is 9.81. The average molecular weight is 259 g/mol. The molecule has 0 radical (unpaired) electrons. The molecule has 1 aromatic carbocycles. The molecule has 1 heterocycles. The summed E-state index contributed by atoms with van der Waals surface area (Å²) in [6.45, 7) is 4.09. The number of pyridine rings is 1. The van der Waals surface area contributed by atoms with Gasteiger partial charge in [0.25, 0.3) is 0 Å². The first-order chi connectivity index (χ1) is 9.26. The first kappa shape index (κ1) is 13.8. The summed E-state index contributed by atoms with van der Waals surface area (Å²) < 4.78 is 5.98. The molecule has 0 aliphatic heterocycles. The number of ether oxygens (including phenoxy) is 1. The van der Waals surface area contributed by atoms with Gasteiger partial charge in [0, 0.05) is 11.6 Å². The number of rotatable bonds is 6. The Bertz CT molecular complexity index is 522. The maximum Gasteiger partial charge on any atom is 0.146 e. The first-order valence-electron chi connectivity index (χ1n) is 6.94. The molecule has 0 saturated carbocycles. The summed E-state index contributed by atoms with van der Waals surface area (Å²) in [4.78, 5) is 4.37. The van der Waals surface area contributed by atoms with Crippen molar-refractivity contribution in [1.29, 1.82) is 0 Å². The number of fused-ring (bicyclic) bond motifs is 1. The molecule has 0 aliphatic rings. The minimum atomic E-state index is -0.422. The molecule has 2 atom stereocenters. The predicted octanol–water partition coefficient (Wildman–Crippen LogP) is 3.55. The van der Waals surface area contributed by atoms with Crippen molar-refractivity contribution in [2.75, 3.05) is 0 Å². The number of aromatic nitrogens is 1. The van der Waals surface area contributed by atoms with Crippen molar-refractivity contribution in [2.24, 2.45) is 0 Å². The van der Waals surface area contributed by atoms with Crippen molar-refractivity contribution in [3.05, 3.63) is 36.5 Å². The maximum atomic E-state index is 10.1. The Balaban J connectivity index is 2.24. The van der Waals surface area contributed by atoms with Gasteiger partial charge in [0.2, 0.25) is 0 Å². The molecular weight excluding hydrogens is 238 g/mol. The molecule has 0 amide bonds. The molecule has 0 aliphatic carbocycles. The van der Waals surface area contributed by atoms with E-state index in [4.69, 9.17) is 4.74 Å². The molecule has 102 valence electrons. The molecule has 3 heteroatoms. The van der Waals surface area contributed by atoms with Crippen molar-refractivity contribution < 1.29 is 9.84 Å². The zero-order valence-electron chi connectivity index (χ0n) is 11.5. The minimum absolute atomic E-state index is 0.174. The highest BCUT2D eigenvalue weighted by Gasteiger charge is 2.19. The zero-order chi connectivity index (χ0) is 13.7. The van der Waals surface area contributed by atoms with Gasteiger partial charge < -0.3 is 9.84 Å². The Labute approximate surface area is 114 Å². The van der Waals surface area contributed by atoms with Crippen LogP contribution in [0.3, 0.4) is 0 Å². The first-order valence-corrected chi connectivity index (χ1v) is 6.94. The number of aliphatic hydroxyl groups is 1. The van der Waals surface area contributed by atoms with Gasteiger partial charge in [-0.15, -0.1) is 0 Å². The second-order valence-corrected chi connectivity index (χ2v) is 4.75. The van der Waals surface area contributed by atoms with Crippen molar-refractivity contribution in [3.63, 3.8) is 0 Å². The van der Waals surface area contributed by atoms with E-state index >= 15 is 0 Å². The third kappa shape index (κ3) is 3.24. The van der Waals surface area contributed by atoms with Crippen LogP contribution < -0.4 is 4.74 Å². The van der Waals surface area contributed by atoms with Crippen molar-refractivity contribution in [1.82, 2.24) is 4.98 Å². The van der Waals surface area contributed by atoms with Gasteiger partial charge in [-0.3, -0.25) is 4.98 Å². The smallest absolute Gasteiger partial charge is 0.146 e. The van der Waals surface area contributed by atoms with E-state index in [0.29, 0.717) is 0 Å². The van der Waals surface area contributed by atoms with Crippen LogP contribution in [0.1, 0.15) is 33.1 Å². The zero-order valence-corrected chi connectivity index (χ0v) is 11.5. The van der Waals surface area contributed by atoms with E-state index in [1.807, 2.05) is 37.3 Å². The van der Waals surface area contributed by atoms with E-state index in [9.17, 15) is 5.11 Å². The standard InChI is InChI=1S/C16H21NO2/c1-3-7-13(18)14(4-2)19-15-10-5-8-12-9-6-11-17-16(12)15/h5-6,8-11,13-14,18H,3-4,7H2,1-2H3. The van der Waals surface area contributed by atoms with Crippen LogP contribution in [0, 0.1) is 0 Å². The summed E-state index contributed by atoms with van der Waals surface area (Å²) >= 11 is 0. The summed E-state index contributed by atoms with van der Waals surface area (Å²) in [6.07, 6.45) is 3.66. The number of hydrogen-bond donors (Lipinski definition) is 1. The molecule has 2 unspecified atom stereocenters. The second kappa shape index (κ2) is 6.53. The van der Waals surface area contributed by atoms with Gasteiger partial charge >= 0.3 is 0 Å². The Hall–Kier alpha value is -1.61. The number of para-hydroxylation sites is 1. The monoisotopic (exact) mass is 259 g/mol. The van der Waals surface area contributed by atoms with Crippen LogP contribution in [0.5, 0.6) is 5.75 Å². The molecule has 0 bridgehead atoms. The van der Waals surface area contributed by atoms with Crippen molar-refractivity contribution >= 4 is 10.9 Å². The quantitative estimate of drug-likeness (QED) is 0.862. The molecule has 0 saturated heterocycles. The maximum absolute atomic E-state index is 10.1. The Morgan fingerprint density at radius 3 is 2.74 bits per heavy atom.